The third-order valence-electron chi connectivity index (χ3n) is 2.00. The number of alkyl halides is 3. The lowest BCUT2D eigenvalue weighted by Crippen LogP contribution is -2.10. The number of aryl methyl sites for hydroxylation is 1. The zero-order valence-corrected chi connectivity index (χ0v) is 8.43. The number of rotatable bonds is 4. The number of pyridine rings is 1. The first kappa shape index (κ1) is 12.0. The maximum atomic E-state index is 12.3. The average molecular weight is 218 g/mol. The van der Waals surface area contributed by atoms with Gasteiger partial charge in [-0.05, 0) is 38.6 Å². The topological polar surface area (TPSA) is 24.9 Å². The number of nitrogens with zero attached hydrogens (tertiary/aromatic N) is 1. The summed E-state index contributed by atoms with van der Waals surface area (Å²) in [5, 5.41) is 2.93. The SMILES string of the molecule is CNCCCc1cc(C(F)(F)F)ccn1. The molecular weight excluding hydrogens is 205 g/mol. The fourth-order valence-corrected chi connectivity index (χ4v) is 1.24. The smallest absolute Gasteiger partial charge is 0.320 e. The van der Waals surface area contributed by atoms with Crippen molar-refractivity contribution in [3.05, 3.63) is 29.6 Å². The van der Waals surface area contributed by atoms with Crippen molar-refractivity contribution in [2.75, 3.05) is 13.6 Å². The van der Waals surface area contributed by atoms with Crippen LogP contribution >= 0.6 is 0 Å². The molecule has 0 radical (unpaired) electrons. The minimum atomic E-state index is -4.28. The van der Waals surface area contributed by atoms with Crippen LogP contribution in [0.4, 0.5) is 13.2 Å². The van der Waals surface area contributed by atoms with E-state index in [1.165, 1.54) is 6.20 Å². The number of hydrogen-bond donors (Lipinski definition) is 1. The molecule has 1 rings (SSSR count). The van der Waals surface area contributed by atoms with Crippen LogP contribution < -0.4 is 5.32 Å². The Morgan fingerprint density at radius 2 is 2.13 bits per heavy atom. The highest BCUT2D eigenvalue weighted by molar-refractivity contribution is 5.19. The van der Waals surface area contributed by atoms with E-state index in [9.17, 15) is 13.2 Å². The molecule has 5 heteroatoms. The van der Waals surface area contributed by atoms with E-state index in [1.54, 1.807) is 7.05 Å². The van der Waals surface area contributed by atoms with Crippen LogP contribution in [0.25, 0.3) is 0 Å². The van der Waals surface area contributed by atoms with Crippen molar-refractivity contribution in [1.82, 2.24) is 10.3 Å². The van der Waals surface area contributed by atoms with Gasteiger partial charge < -0.3 is 5.32 Å². The Morgan fingerprint density at radius 3 is 2.73 bits per heavy atom. The molecule has 0 saturated carbocycles. The van der Waals surface area contributed by atoms with Gasteiger partial charge in [0.2, 0.25) is 0 Å². The number of hydrogen-bond acceptors (Lipinski definition) is 2. The molecule has 0 aliphatic carbocycles. The molecule has 0 aliphatic rings. The standard InChI is InChI=1S/C10H13F3N2/c1-14-5-2-3-9-7-8(4-6-15-9)10(11,12)13/h4,6-7,14H,2-3,5H2,1H3. The third-order valence-corrected chi connectivity index (χ3v) is 2.00. The summed E-state index contributed by atoms with van der Waals surface area (Å²) in [7, 11) is 1.81. The second-order valence-electron chi connectivity index (χ2n) is 3.24. The maximum absolute atomic E-state index is 12.3. The highest BCUT2D eigenvalue weighted by Gasteiger charge is 2.30. The van der Waals surface area contributed by atoms with E-state index < -0.39 is 11.7 Å². The summed E-state index contributed by atoms with van der Waals surface area (Å²) in [6.07, 6.45) is -1.73. The van der Waals surface area contributed by atoms with Gasteiger partial charge >= 0.3 is 6.18 Å². The lowest BCUT2D eigenvalue weighted by atomic mass is 10.1. The van der Waals surface area contributed by atoms with Crippen LogP contribution in [-0.2, 0) is 12.6 Å². The quantitative estimate of drug-likeness (QED) is 0.784. The van der Waals surface area contributed by atoms with Crippen LogP contribution in [0.3, 0.4) is 0 Å². The number of nitrogens with one attached hydrogen (secondary N) is 1. The van der Waals surface area contributed by atoms with Gasteiger partial charge in [-0.3, -0.25) is 4.98 Å². The van der Waals surface area contributed by atoms with Gasteiger partial charge in [0.05, 0.1) is 5.56 Å². The van der Waals surface area contributed by atoms with Gasteiger partial charge in [0.25, 0.3) is 0 Å². The molecule has 0 atom stereocenters. The second-order valence-corrected chi connectivity index (χ2v) is 3.24. The molecule has 0 amide bonds. The molecule has 1 aromatic heterocycles. The Labute approximate surface area is 86.5 Å². The molecule has 0 unspecified atom stereocenters. The molecule has 84 valence electrons. The summed E-state index contributed by atoms with van der Waals surface area (Å²) in [6, 6.07) is 2.09. The minimum absolute atomic E-state index is 0.486. The minimum Gasteiger partial charge on any atom is -0.320 e. The fraction of sp³-hybridized carbons (Fsp3) is 0.500. The first-order valence-electron chi connectivity index (χ1n) is 4.71. The summed E-state index contributed by atoms with van der Waals surface area (Å²) >= 11 is 0. The van der Waals surface area contributed by atoms with E-state index >= 15 is 0 Å². The molecule has 0 spiro atoms. The summed E-state index contributed by atoms with van der Waals surface area (Å²) in [6.45, 7) is 0.776. The zero-order chi connectivity index (χ0) is 11.3. The molecule has 0 aromatic carbocycles. The van der Waals surface area contributed by atoms with Crippen molar-refractivity contribution < 1.29 is 13.2 Å². The largest absolute Gasteiger partial charge is 0.416 e. The van der Waals surface area contributed by atoms with Crippen molar-refractivity contribution in [1.29, 1.82) is 0 Å². The van der Waals surface area contributed by atoms with Gasteiger partial charge in [0.1, 0.15) is 0 Å². The molecule has 1 aromatic rings. The van der Waals surface area contributed by atoms with Gasteiger partial charge in [-0.2, -0.15) is 13.2 Å². The fourth-order valence-electron chi connectivity index (χ4n) is 1.24. The summed E-state index contributed by atoms with van der Waals surface area (Å²) < 4.78 is 36.9. The second kappa shape index (κ2) is 5.11. The Bertz CT molecular complexity index is 310. The Kier molecular flexibility index (Phi) is 4.08. The Balaban J connectivity index is 2.66. The Morgan fingerprint density at radius 1 is 1.40 bits per heavy atom. The van der Waals surface area contributed by atoms with Gasteiger partial charge in [0, 0.05) is 11.9 Å². The summed E-state index contributed by atoms with van der Waals surface area (Å²) in [5.74, 6) is 0. The van der Waals surface area contributed by atoms with E-state index in [0.717, 1.165) is 25.1 Å². The van der Waals surface area contributed by atoms with Gasteiger partial charge in [0.15, 0.2) is 0 Å². The lowest BCUT2D eigenvalue weighted by molar-refractivity contribution is -0.137. The number of halogens is 3. The van der Waals surface area contributed by atoms with Gasteiger partial charge in [-0.25, -0.2) is 0 Å². The zero-order valence-electron chi connectivity index (χ0n) is 8.43. The lowest BCUT2D eigenvalue weighted by Gasteiger charge is -2.07. The average Bonchev–Trinajstić information content (AvgIpc) is 2.17. The van der Waals surface area contributed by atoms with E-state index in [0.29, 0.717) is 12.1 Å². The van der Waals surface area contributed by atoms with Crippen molar-refractivity contribution in [3.63, 3.8) is 0 Å². The molecule has 0 aliphatic heterocycles. The first-order chi connectivity index (χ1) is 7.04. The third kappa shape index (κ3) is 3.87. The highest BCUT2D eigenvalue weighted by atomic mass is 19.4. The Hall–Kier alpha value is -1.10. The van der Waals surface area contributed by atoms with Crippen LogP contribution in [-0.4, -0.2) is 18.6 Å². The number of aromatic nitrogens is 1. The van der Waals surface area contributed by atoms with E-state index in [2.05, 4.69) is 10.3 Å². The predicted octanol–water partition coefficient (Wildman–Crippen LogP) is 2.25. The molecule has 0 saturated heterocycles. The van der Waals surface area contributed by atoms with Crippen LogP contribution in [0.2, 0.25) is 0 Å². The van der Waals surface area contributed by atoms with Crippen molar-refractivity contribution in [3.8, 4) is 0 Å². The van der Waals surface area contributed by atoms with Crippen LogP contribution in [0.5, 0.6) is 0 Å². The molecule has 1 N–H and O–H groups in total. The summed E-state index contributed by atoms with van der Waals surface area (Å²) in [5.41, 5.74) is -0.142. The summed E-state index contributed by atoms with van der Waals surface area (Å²) in [4.78, 5) is 3.90. The molecule has 0 fully saturated rings. The molecule has 15 heavy (non-hydrogen) atoms. The van der Waals surface area contributed by atoms with E-state index in [4.69, 9.17) is 0 Å². The molecular formula is C10H13F3N2. The molecule has 0 bridgehead atoms. The predicted molar refractivity (Wildman–Crippen MR) is 51.5 cm³/mol. The van der Waals surface area contributed by atoms with Crippen LogP contribution in [0.1, 0.15) is 17.7 Å². The van der Waals surface area contributed by atoms with Crippen molar-refractivity contribution >= 4 is 0 Å². The normalized spacial score (nSPS) is 11.7. The maximum Gasteiger partial charge on any atom is 0.416 e. The van der Waals surface area contributed by atoms with Gasteiger partial charge in [-0.1, -0.05) is 0 Å². The van der Waals surface area contributed by atoms with Crippen molar-refractivity contribution in [2.45, 2.75) is 19.0 Å². The highest BCUT2D eigenvalue weighted by Crippen LogP contribution is 2.29. The first-order valence-corrected chi connectivity index (χ1v) is 4.71. The molecule has 1 heterocycles. The van der Waals surface area contributed by atoms with Crippen LogP contribution in [0, 0.1) is 0 Å². The molecule has 2 nitrogen and oxygen atoms in total. The van der Waals surface area contributed by atoms with E-state index in [1.807, 2.05) is 0 Å². The monoisotopic (exact) mass is 218 g/mol. The van der Waals surface area contributed by atoms with Crippen LogP contribution in [0.15, 0.2) is 18.3 Å². The van der Waals surface area contributed by atoms with E-state index in [-0.39, 0.29) is 0 Å². The van der Waals surface area contributed by atoms with Crippen molar-refractivity contribution in [2.24, 2.45) is 0 Å². The van der Waals surface area contributed by atoms with Gasteiger partial charge in [-0.15, -0.1) is 0 Å².